The fourth-order valence-corrected chi connectivity index (χ4v) is 1.39. The average Bonchev–Trinajstić information content (AvgIpc) is 2.72. The van der Waals surface area contributed by atoms with Crippen LogP contribution in [-0.2, 0) is 6.54 Å². The lowest BCUT2D eigenvalue weighted by atomic mass is 10.1. The maximum atomic E-state index is 13.5. The third kappa shape index (κ3) is 1.86. The summed E-state index contributed by atoms with van der Waals surface area (Å²) in [5.74, 6) is -0.243. The minimum absolute atomic E-state index is 0.243. The highest BCUT2D eigenvalue weighted by Gasteiger charge is 2.08. The highest BCUT2D eigenvalue weighted by atomic mass is 19.1. The van der Waals surface area contributed by atoms with Crippen molar-refractivity contribution in [2.24, 2.45) is 0 Å². The highest BCUT2D eigenvalue weighted by molar-refractivity contribution is 5.26. The van der Waals surface area contributed by atoms with Crippen LogP contribution < -0.4 is 0 Å². The zero-order chi connectivity index (χ0) is 10.8. The molecule has 0 N–H and O–H groups in total. The number of pyridine rings is 1. The molecule has 4 nitrogen and oxygen atoms in total. The zero-order valence-corrected chi connectivity index (χ0v) is 8.61. The Bertz CT molecular complexity index is 465. The van der Waals surface area contributed by atoms with Crippen LogP contribution in [0, 0.1) is 19.7 Å². The van der Waals surface area contributed by atoms with Gasteiger partial charge in [-0.3, -0.25) is 4.98 Å². The Kier molecular flexibility index (Phi) is 2.45. The van der Waals surface area contributed by atoms with Crippen LogP contribution in [-0.4, -0.2) is 19.7 Å². The summed E-state index contributed by atoms with van der Waals surface area (Å²) >= 11 is 0. The molecule has 0 saturated heterocycles. The maximum Gasteiger partial charge on any atom is 0.147 e. The van der Waals surface area contributed by atoms with Gasteiger partial charge in [0.25, 0.3) is 0 Å². The first-order valence-corrected chi connectivity index (χ1v) is 4.61. The molecule has 0 fully saturated rings. The van der Waals surface area contributed by atoms with Crippen LogP contribution in [0.4, 0.5) is 4.39 Å². The molecule has 0 aromatic carbocycles. The first kappa shape index (κ1) is 9.76. The van der Waals surface area contributed by atoms with E-state index in [0.717, 1.165) is 5.56 Å². The Labute approximate surface area is 86.8 Å². The van der Waals surface area contributed by atoms with Gasteiger partial charge in [0.05, 0.1) is 12.2 Å². The normalized spacial score (nSPS) is 10.6. The molecule has 2 heterocycles. The van der Waals surface area contributed by atoms with Crippen molar-refractivity contribution in [2.75, 3.05) is 0 Å². The number of hydrogen-bond donors (Lipinski definition) is 0. The van der Waals surface area contributed by atoms with Crippen molar-refractivity contribution in [3.05, 3.63) is 41.5 Å². The fraction of sp³-hybridized carbons (Fsp3) is 0.300. The maximum absolute atomic E-state index is 13.5. The number of hydrogen-bond acceptors (Lipinski definition) is 3. The standard InChI is InChI=1S/C10H11FN4/c1-7-9(3-13-8(2)10(7)11)4-15-6-12-5-14-15/h3,5-6H,4H2,1-2H3. The number of aromatic nitrogens is 4. The molecule has 0 aliphatic carbocycles. The van der Waals surface area contributed by atoms with Gasteiger partial charge >= 0.3 is 0 Å². The molecule has 0 bridgehead atoms. The molecule has 5 heteroatoms. The largest absolute Gasteiger partial charge is 0.258 e. The third-order valence-electron chi connectivity index (χ3n) is 2.34. The first-order chi connectivity index (χ1) is 7.18. The Balaban J connectivity index is 2.34. The van der Waals surface area contributed by atoms with Crippen molar-refractivity contribution in [3.8, 4) is 0 Å². The SMILES string of the molecule is Cc1ncc(Cn2cncn2)c(C)c1F. The van der Waals surface area contributed by atoms with E-state index in [4.69, 9.17) is 0 Å². The van der Waals surface area contributed by atoms with E-state index < -0.39 is 0 Å². The summed E-state index contributed by atoms with van der Waals surface area (Å²) in [7, 11) is 0. The lowest BCUT2D eigenvalue weighted by Crippen LogP contribution is -2.05. The van der Waals surface area contributed by atoms with Crippen LogP contribution in [0.15, 0.2) is 18.9 Å². The predicted molar refractivity (Wildman–Crippen MR) is 52.8 cm³/mol. The van der Waals surface area contributed by atoms with Gasteiger partial charge < -0.3 is 0 Å². The van der Waals surface area contributed by atoms with Crippen molar-refractivity contribution < 1.29 is 4.39 Å². The van der Waals surface area contributed by atoms with Crippen LogP contribution in [0.3, 0.4) is 0 Å². The second-order valence-corrected chi connectivity index (χ2v) is 3.40. The molecule has 0 aliphatic heterocycles. The van der Waals surface area contributed by atoms with Crippen molar-refractivity contribution >= 4 is 0 Å². The highest BCUT2D eigenvalue weighted by Crippen LogP contribution is 2.14. The smallest absolute Gasteiger partial charge is 0.147 e. The molecule has 0 spiro atoms. The Morgan fingerprint density at radius 1 is 1.40 bits per heavy atom. The summed E-state index contributed by atoms with van der Waals surface area (Å²) in [5, 5.41) is 3.96. The van der Waals surface area contributed by atoms with Gasteiger partial charge in [0.15, 0.2) is 0 Å². The summed E-state index contributed by atoms with van der Waals surface area (Å²) in [6, 6.07) is 0. The molecule has 0 saturated carbocycles. The van der Waals surface area contributed by atoms with Crippen molar-refractivity contribution in [1.82, 2.24) is 19.7 Å². The molecule has 0 radical (unpaired) electrons. The lowest BCUT2D eigenvalue weighted by molar-refractivity contribution is 0.589. The monoisotopic (exact) mass is 206 g/mol. The molecule has 2 aromatic heterocycles. The summed E-state index contributed by atoms with van der Waals surface area (Å²) in [4.78, 5) is 7.81. The van der Waals surface area contributed by atoms with Crippen LogP contribution in [0.25, 0.3) is 0 Å². The Morgan fingerprint density at radius 2 is 2.20 bits per heavy atom. The summed E-state index contributed by atoms with van der Waals surface area (Å²) in [5.41, 5.74) is 1.87. The topological polar surface area (TPSA) is 43.6 Å². The van der Waals surface area contributed by atoms with E-state index in [-0.39, 0.29) is 5.82 Å². The summed E-state index contributed by atoms with van der Waals surface area (Å²) in [6.45, 7) is 3.90. The molecule has 2 aromatic rings. The molecule has 2 rings (SSSR count). The lowest BCUT2D eigenvalue weighted by Gasteiger charge is -2.07. The van der Waals surface area contributed by atoms with E-state index in [9.17, 15) is 4.39 Å². The van der Waals surface area contributed by atoms with Gasteiger partial charge in [-0.05, 0) is 25.0 Å². The molecular weight excluding hydrogens is 195 g/mol. The van der Waals surface area contributed by atoms with Crippen LogP contribution in [0.1, 0.15) is 16.8 Å². The van der Waals surface area contributed by atoms with E-state index in [0.29, 0.717) is 17.8 Å². The van der Waals surface area contributed by atoms with Crippen molar-refractivity contribution in [1.29, 1.82) is 0 Å². The van der Waals surface area contributed by atoms with Gasteiger partial charge in [0, 0.05) is 6.20 Å². The Hall–Kier alpha value is -1.78. The number of aryl methyl sites for hydroxylation is 1. The summed E-state index contributed by atoms with van der Waals surface area (Å²) in [6.07, 6.45) is 4.72. The average molecular weight is 206 g/mol. The van der Waals surface area contributed by atoms with E-state index in [1.165, 1.54) is 6.33 Å². The van der Waals surface area contributed by atoms with Gasteiger partial charge in [0.1, 0.15) is 18.5 Å². The van der Waals surface area contributed by atoms with Gasteiger partial charge in [-0.25, -0.2) is 14.1 Å². The molecule has 0 atom stereocenters. The predicted octanol–water partition coefficient (Wildman–Crippen LogP) is 1.48. The van der Waals surface area contributed by atoms with Gasteiger partial charge in [-0.2, -0.15) is 5.10 Å². The van der Waals surface area contributed by atoms with Crippen LogP contribution in [0.5, 0.6) is 0 Å². The minimum Gasteiger partial charge on any atom is -0.258 e. The van der Waals surface area contributed by atoms with Crippen LogP contribution >= 0.6 is 0 Å². The first-order valence-electron chi connectivity index (χ1n) is 4.61. The molecule has 15 heavy (non-hydrogen) atoms. The molecule has 78 valence electrons. The van der Waals surface area contributed by atoms with Gasteiger partial charge in [-0.1, -0.05) is 0 Å². The van der Waals surface area contributed by atoms with Crippen molar-refractivity contribution in [2.45, 2.75) is 20.4 Å². The zero-order valence-electron chi connectivity index (χ0n) is 8.61. The minimum atomic E-state index is -0.243. The number of halogens is 1. The summed E-state index contributed by atoms with van der Waals surface area (Å²) < 4.78 is 15.1. The number of rotatable bonds is 2. The van der Waals surface area contributed by atoms with E-state index in [2.05, 4.69) is 15.1 Å². The molecule has 0 unspecified atom stereocenters. The Morgan fingerprint density at radius 3 is 2.87 bits per heavy atom. The molecule has 0 aliphatic rings. The molecule has 0 amide bonds. The van der Waals surface area contributed by atoms with Gasteiger partial charge in [-0.15, -0.1) is 0 Å². The fourth-order valence-electron chi connectivity index (χ4n) is 1.39. The van der Waals surface area contributed by atoms with E-state index in [1.807, 2.05) is 0 Å². The second-order valence-electron chi connectivity index (χ2n) is 3.40. The third-order valence-corrected chi connectivity index (χ3v) is 2.34. The van der Waals surface area contributed by atoms with Crippen LogP contribution in [0.2, 0.25) is 0 Å². The van der Waals surface area contributed by atoms with Gasteiger partial charge in [0.2, 0.25) is 0 Å². The van der Waals surface area contributed by atoms with E-state index in [1.54, 1.807) is 31.1 Å². The van der Waals surface area contributed by atoms with Crippen molar-refractivity contribution in [3.63, 3.8) is 0 Å². The second kappa shape index (κ2) is 3.76. The number of nitrogens with zero attached hydrogens (tertiary/aromatic N) is 4. The quantitative estimate of drug-likeness (QED) is 0.747. The molecular formula is C10H11FN4. The van der Waals surface area contributed by atoms with E-state index >= 15 is 0 Å².